The molecular weight excluding hydrogens is 985 g/mol. The van der Waals surface area contributed by atoms with Crippen LogP contribution < -0.4 is 83.5 Å². The molecule has 6 amide bonds. The summed E-state index contributed by atoms with van der Waals surface area (Å²) in [4.78, 5) is 127. The third-order valence-corrected chi connectivity index (χ3v) is 11.5. The van der Waals surface area contributed by atoms with Crippen LogP contribution >= 0.6 is 0 Å². The van der Waals surface area contributed by atoms with Crippen LogP contribution in [0, 0.1) is 0 Å². The molecule has 0 radical (unpaired) electrons. The van der Waals surface area contributed by atoms with Gasteiger partial charge in [0, 0.05) is 39.3 Å². The van der Waals surface area contributed by atoms with Crippen molar-refractivity contribution >= 4 is 71.2 Å². The van der Waals surface area contributed by atoms with Gasteiger partial charge < -0.3 is 98.8 Å². The predicted molar refractivity (Wildman–Crippen MR) is 276 cm³/mol. The molecule has 0 unspecified atom stereocenters. The minimum absolute atomic E-state index is 0.00546. The Morgan fingerprint density at radius 3 is 0.813 bits per heavy atom. The summed E-state index contributed by atoms with van der Waals surface area (Å²) in [6.45, 7) is 5.20. The number of aliphatic carboxylic acids is 3. The highest BCUT2D eigenvalue weighted by molar-refractivity contribution is 5.93. The van der Waals surface area contributed by atoms with Crippen molar-refractivity contribution in [2.75, 3.05) is 19.6 Å². The van der Waals surface area contributed by atoms with Crippen LogP contribution in [0.5, 0.6) is 0 Å². The lowest BCUT2D eigenvalue weighted by Gasteiger charge is -2.28. The zero-order chi connectivity index (χ0) is 56.9. The Morgan fingerprint density at radius 2 is 0.627 bits per heavy atom. The van der Waals surface area contributed by atoms with E-state index in [9.17, 15) is 58.5 Å². The monoisotopic (exact) mass is 1060 g/mol. The minimum Gasteiger partial charge on any atom is -0.481 e. The van der Waals surface area contributed by atoms with E-state index in [0.29, 0.717) is 52.6 Å². The summed E-state index contributed by atoms with van der Waals surface area (Å²) in [6, 6.07) is -8.23. The Balaban J connectivity index is 4.05. The van der Waals surface area contributed by atoms with E-state index in [1.165, 1.54) is 0 Å². The Kier molecular flexibility index (Phi) is 29.4. The van der Waals surface area contributed by atoms with Gasteiger partial charge in [-0.1, -0.05) is 20.8 Å². The van der Waals surface area contributed by atoms with E-state index >= 15 is 0 Å². The average Bonchev–Trinajstić information content (AvgIpc) is 3.32. The first kappa shape index (κ1) is 65.2. The second-order valence-corrected chi connectivity index (χ2v) is 17.2. The van der Waals surface area contributed by atoms with Crippen LogP contribution in [0.15, 0.2) is 15.0 Å². The Morgan fingerprint density at radius 1 is 0.400 bits per heavy atom. The Hall–Kier alpha value is -7.86. The van der Waals surface area contributed by atoms with Crippen molar-refractivity contribution in [3.05, 3.63) is 33.4 Å². The summed E-state index contributed by atoms with van der Waals surface area (Å²) in [6.07, 6.45) is -0.629. The average molecular weight is 1060 g/mol. The summed E-state index contributed by atoms with van der Waals surface area (Å²) in [7, 11) is 0. The van der Waals surface area contributed by atoms with E-state index in [4.69, 9.17) is 51.6 Å². The third-order valence-electron chi connectivity index (χ3n) is 11.5. The van der Waals surface area contributed by atoms with Gasteiger partial charge in [-0.15, -0.1) is 0 Å². The van der Waals surface area contributed by atoms with Gasteiger partial charge in [-0.25, -0.2) is 0 Å². The molecule has 27 N–H and O–H groups in total. The molecule has 0 saturated heterocycles. The second kappa shape index (κ2) is 33.8. The number of hydrogen-bond acceptors (Lipinski definition) is 15. The molecule has 0 aliphatic carbocycles. The molecule has 0 bridgehead atoms. The first-order valence-electron chi connectivity index (χ1n) is 24.3. The number of nitrogens with two attached hydrogens (primary N) is 9. The molecule has 30 nitrogen and oxygen atoms in total. The molecule has 0 aliphatic heterocycles. The fourth-order valence-electron chi connectivity index (χ4n) is 7.91. The lowest BCUT2D eigenvalue weighted by molar-refractivity contribution is -0.140. The van der Waals surface area contributed by atoms with Crippen molar-refractivity contribution < 1.29 is 58.5 Å². The molecule has 1 rings (SSSR count). The van der Waals surface area contributed by atoms with Crippen molar-refractivity contribution in [2.24, 2.45) is 66.6 Å². The van der Waals surface area contributed by atoms with Crippen LogP contribution in [-0.2, 0) is 82.0 Å². The van der Waals surface area contributed by atoms with Gasteiger partial charge in [0.2, 0.25) is 35.4 Å². The molecule has 75 heavy (non-hydrogen) atoms. The number of carboxylic acids is 3. The number of hydrogen-bond donors (Lipinski definition) is 18. The number of carbonyl (C=O) groups excluding carboxylic acids is 6. The summed E-state index contributed by atoms with van der Waals surface area (Å²) >= 11 is 0. The maximum atomic E-state index is 14.1. The van der Waals surface area contributed by atoms with Crippen molar-refractivity contribution in [3.8, 4) is 0 Å². The molecule has 1 aromatic carbocycles. The minimum atomic E-state index is -1.49. The van der Waals surface area contributed by atoms with Gasteiger partial charge in [0.15, 0.2) is 17.9 Å². The Bertz CT molecular complexity index is 1980. The van der Waals surface area contributed by atoms with E-state index in [2.05, 4.69) is 46.9 Å². The quantitative estimate of drug-likeness (QED) is 0.0169. The highest BCUT2D eigenvalue weighted by Crippen LogP contribution is 2.31. The zero-order valence-electron chi connectivity index (χ0n) is 42.7. The molecule has 0 aromatic heterocycles. The standard InChI is InChI=1S/C45H78N18O12/c1-4-22-25(19-58-40(73)31(10-7-13-55-43(49)50)61-37(70)28(46)16-34(64)65)23(5-2)27(21-60-42(75)33(12-9-15-57-45(53)54)63-39(72)30(48)18-36(68)69)24(6-3)26(22)20-59-41(74)32(11-8-14-56-44(51)52)62-38(71)29(47)17-35(66)67/h28-33H,4-21,46-48H2,1-3H3,(H,58,73)(H,59,74)(H,60,75)(H,61,70)(H,62,71)(H,63,72)(H,64,65)(H,66,67)(H,68,69)(H4,49,50,55)(H4,51,52,56)(H4,53,54,57)/t28-,29-,30-,31-,32-,33-/m0/s1. The van der Waals surface area contributed by atoms with Crippen LogP contribution in [0.1, 0.15) is 112 Å². The molecule has 0 saturated carbocycles. The number of carbonyl (C=O) groups is 9. The summed E-state index contributed by atoms with van der Waals surface area (Å²) in [5, 5.41) is 43.9. The Labute approximate surface area is 434 Å². The van der Waals surface area contributed by atoms with Gasteiger partial charge in [-0.2, -0.15) is 0 Å². The third kappa shape index (κ3) is 24.2. The maximum absolute atomic E-state index is 14.1. The number of benzene rings is 1. The van der Waals surface area contributed by atoms with E-state index in [-0.39, 0.29) is 95.7 Å². The van der Waals surface area contributed by atoms with Gasteiger partial charge in [-0.05, 0) is 91.2 Å². The van der Waals surface area contributed by atoms with Crippen LogP contribution in [-0.4, -0.2) is 142 Å². The van der Waals surface area contributed by atoms with Crippen molar-refractivity contribution in [1.29, 1.82) is 0 Å². The molecule has 1 aromatic rings. The van der Waals surface area contributed by atoms with Crippen LogP contribution in [0.25, 0.3) is 0 Å². The van der Waals surface area contributed by atoms with Crippen molar-refractivity contribution in [3.63, 3.8) is 0 Å². The lowest BCUT2D eigenvalue weighted by atomic mass is 9.83. The highest BCUT2D eigenvalue weighted by Gasteiger charge is 2.30. The first-order valence-corrected chi connectivity index (χ1v) is 24.3. The summed E-state index contributed by atoms with van der Waals surface area (Å²) < 4.78 is 0. The van der Waals surface area contributed by atoms with Crippen LogP contribution in [0.4, 0.5) is 0 Å². The molecular formula is C45H78N18O12. The highest BCUT2D eigenvalue weighted by atomic mass is 16.4. The zero-order valence-corrected chi connectivity index (χ0v) is 42.7. The van der Waals surface area contributed by atoms with Crippen LogP contribution in [0.2, 0.25) is 0 Å². The van der Waals surface area contributed by atoms with Gasteiger partial charge in [0.1, 0.15) is 18.1 Å². The van der Waals surface area contributed by atoms with Crippen LogP contribution in [0.3, 0.4) is 0 Å². The SMILES string of the molecule is CCc1c(CNC(=O)[C@H](CCCN=C(N)N)NC(=O)[C@@H](N)CC(=O)O)c(CC)c(CNC(=O)[C@H](CCCN=C(N)N)NC(=O)[C@@H](N)CC(=O)O)c(CC)c1CNC(=O)[C@H](CCCN=C(N)N)NC(=O)[C@@H](N)CC(=O)O. The number of nitrogens with zero attached hydrogens (tertiary/aromatic N) is 3. The van der Waals surface area contributed by atoms with E-state index in [0.717, 1.165) is 0 Å². The molecule has 420 valence electrons. The number of guanidine groups is 3. The molecule has 0 aliphatic rings. The fourth-order valence-corrected chi connectivity index (χ4v) is 7.91. The van der Waals surface area contributed by atoms with Gasteiger partial charge in [-0.3, -0.25) is 58.1 Å². The number of amides is 6. The smallest absolute Gasteiger partial charge is 0.305 e. The summed E-state index contributed by atoms with van der Waals surface area (Å²) in [5.74, 6) is -9.43. The normalized spacial score (nSPS) is 13.2. The van der Waals surface area contributed by atoms with Gasteiger partial charge >= 0.3 is 17.9 Å². The second-order valence-electron chi connectivity index (χ2n) is 17.2. The van der Waals surface area contributed by atoms with Crippen molar-refractivity contribution in [1.82, 2.24) is 31.9 Å². The number of carboxylic acid groups (broad SMARTS) is 3. The summed E-state index contributed by atoms with van der Waals surface area (Å²) in [5.41, 5.74) is 54.0. The molecule has 0 fully saturated rings. The number of nitrogens with one attached hydrogen (secondary N) is 6. The van der Waals surface area contributed by atoms with E-state index < -0.39 is 109 Å². The molecule has 0 heterocycles. The molecule has 30 heteroatoms. The number of aliphatic imine (C=N–C) groups is 3. The number of rotatable bonds is 36. The van der Waals surface area contributed by atoms with Gasteiger partial charge in [0.05, 0.1) is 37.4 Å². The lowest BCUT2D eigenvalue weighted by Crippen LogP contribution is -2.52. The molecule has 6 atom stereocenters. The molecule has 0 spiro atoms. The van der Waals surface area contributed by atoms with Crippen molar-refractivity contribution in [2.45, 2.75) is 154 Å². The van der Waals surface area contributed by atoms with Gasteiger partial charge in [0.25, 0.3) is 0 Å². The maximum Gasteiger partial charge on any atom is 0.305 e. The van der Waals surface area contributed by atoms with E-state index in [1.54, 1.807) is 0 Å². The van der Waals surface area contributed by atoms with E-state index in [1.807, 2.05) is 20.8 Å². The predicted octanol–water partition coefficient (Wildman–Crippen LogP) is -5.76. The topological polar surface area (TPSA) is 558 Å². The first-order chi connectivity index (χ1) is 35.3. The fraction of sp³-hybridized carbons (Fsp3) is 0.600. The largest absolute Gasteiger partial charge is 0.481 e.